The van der Waals surface area contributed by atoms with Crippen molar-refractivity contribution < 1.29 is 13.2 Å². The van der Waals surface area contributed by atoms with E-state index in [4.69, 9.17) is 11.6 Å². The van der Waals surface area contributed by atoms with E-state index in [1.54, 1.807) is 24.3 Å². The average Bonchev–Trinajstić information content (AvgIpc) is 2.58. The van der Waals surface area contributed by atoms with Crippen molar-refractivity contribution >= 4 is 27.3 Å². The van der Waals surface area contributed by atoms with Gasteiger partial charge in [0.2, 0.25) is 5.91 Å². The van der Waals surface area contributed by atoms with Gasteiger partial charge >= 0.3 is 0 Å². The highest BCUT2D eigenvalue weighted by molar-refractivity contribution is 7.90. The van der Waals surface area contributed by atoms with Gasteiger partial charge < -0.3 is 5.32 Å². The minimum atomic E-state index is -3.21. The molecule has 2 aromatic rings. The first kappa shape index (κ1) is 19.5. The van der Waals surface area contributed by atoms with Gasteiger partial charge in [0.05, 0.1) is 10.9 Å². The van der Waals surface area contributed by atoms with Crippen LogP contribution in [0.5, 0.6) is 0 Å². The Morgan fingerprint density at radius 3 is 2.20 bits per heavy atom. The number of nitrogens with one attached hydrogen (secondary N) is 1. The summed E-state index contributed by atoms with van der Waals surface area (Å²) >= 11 is 5.85. The van der Waals surface area contributed by atoms with E-state index in [1.165, 1.54) is 6.26 Å². The second-order valence-corrected chi connectivity index (χ2v) is 8.45. The molecule has 0 heterocycles. The topological polar surface area (TPSA) is 63.2 Å². The molecule has 4 nitrogen and oxygen atoms in total. The minimum absolute atomic E-state index is 0.0333. The molecular formula is C19H22ClNO3S. The number of rotatable bonds is 7. The number of carbonyl (C=O) groups is 1. The number of hydrogen-bond acceptors (Lipinski definition) is 3. The van der Waals surface area contributed by atoms with Gasteiger partial charge in [-0.15, -0.1) is 0 Å². The van der Waals surface area contributed by atoms with E-state index in [-0.39, 0.29) is 16.8 Å². The van der Waals surface area contributed by atoms with Crippen molar-refractivity contribution in [3.05, 3.63) is 64.7 Å². The lowest BCUT2D eigenvalue weighted by atomic mass is 10.0. The quantitative estimate of drug-likeness (QED) is 0.792. The lowest BCUT2D eigenvalue weighted by Crippen LogP contribution is -2.28. The maximum absolute atomic E-state index is 12.2. The lowest BCUT2D eigenvalue weighted by molar-refractivity contribution is -0.121. The third-order valence-electron chi connectivity index (χ3n) is 4.01. The van der Waals surface area contributed by atoms with E-state index in [1.807, 2.05) is 31.2 Å². The van der Waals surface area contributed by atoms with Crippen LogP contribution in [-0.2, 0) is 21.1 Å². The second kappa shape index (κ2) is 8.50. The van der Waals surface area contributed by atoms with E-state index in [2.05, 4.69) is 5.32 Å². The van der Waals surface area contributed by atoms with Crippen LogP contribution in [0.2, 0.25) is 5.02 Å². The Morgan fingerprint density at radius 2 is 1.68 bits per heavy atom. The molecule has 1 amide bonds. The summed E-state index contributed by atoms with van der Waals surface area (Å²) in [6.45, 7) is 1.98. The molecule has 6 heteroatoms. The first-order chi connectivity index (χ1) is 11.8. The maximum atomic E-state index is 12.2. The average molecular weight is 380 g/mol. The van der Waals surface area contributed by atoms with Gasteiger partial charge in [0.25, 0.3) is 0 Å². The summed E-state index contributed by atoms with van der Waals surface area (Å²) in [5.41, 5.74) is 1.96. The van der Waals surface area contributed by atoms with E-state index >= 15 is 0 Å². The predicted molar refractivity (Wildman–Crippen MR) is 100 cm³/mol. The standard InChI is InChI=1S/C19H22ClNO3S/c1-3-18(15-7-11-17(12-8-15)25(2,23)24)21-19(22)13-6-14-4-9-16(20)10-5-14/h4-5,7-12,18H,3,6,13H2,1-2H3,(H,21,22). The summed E-state index contributed by atoms with van der Waals surface area (Å²) < 4.78 is 23.0. The molecule has 134 valence electrons. The molecule has 2 rings (SSSR count). The van der Waals surface area contributed by atoms with Crippen molar-refractivity contribution in [1.82, 2.24) is 5.32 Å². The summed E-state index contributed by atoms with van der Waals surface area (Å²) in [6, 6.07) is 14.0. The van der Waals surface area contributed by atoms with Crippen molar-refractivity contribution in [2.75, 3.05) is 6.26 Å². The van der Waals surface area contributed by atoms with Gasteiger partial charge in [-0.2, -0.15) is 0 Å². The number of amides is 1. The number of benzene rings is 2. The first-order valence-corrected chi connectivity index (χ1v) is 10.4. The fourth-order valence-electron chi connectivity index (χ4n) is 2.54. The fourth-order valence-corrected chi connectivity index (χ4v) is 3.30. The highest BCUT2D eigenvalue weighted by Gasteiger charge is 2.14. The molecule has 0 spiro atoms. The SMILES string of the molecule is CCC(NC(=O)CCc1ccc(Cl)cc1)c1ccc(S(C)(=O)=O)cc1. The van der Waals surface area contributed by atoms with Gasteiger partial charge in [0.15, 0.2) is 9.84 Å². The van der Waals surface area contributed by atoms with Gasteiger partial charge in [0, 0.05) is 17.7 Å². The molecule has 2 aromatic carbocycles. The molecule has 0 aliphatic carbocycles. The lowest BCUT2D eigenvalue weighted by Gasteiger charge is -2.18. The number of hydrogen-bond donors (Lipinski definition) is 1. The molecule has 0 radical (unpaired) electrons. The van der Waals surface area contributed by atoms with Crippen LogP contribution in [0, 0.1) is 0 Å². The molecule has 0 aliphatic rings. The summed E-state index contributed by atoms with van der Waals surface area (Å²) in [4.78, 5) is 12.5. The van der Waals surface area contributed by atoms with E-state index in [0.717, 1.165) is 17.5 Å². The molecule has 0 aromatic heterocycles. The van der Waals surface area contributed by atoms with E-state index in [9.17, 15) is 13.2 Å². The number of aryl methyl sites for hydroxylation is 1. The Kier molecular flexibility index (Phi) is 6.62. The molecule has 25 heavy (non-hydrogen) atoms. The summed E-state index contributed by atoms with van der Waals surface area (Å²) in [7, 11) is -3.21. The highest BCUT2D eigenvalue weighted by atomic mass is 35.5. The van der Waals surface area contributed by atoms with Gasteiger partial charge in [-0.25, -0.2) is 8.42 Å². The van der Waals surface area contributed by atoms with Crippen LogP contribution in [-0.4, -0.2) is 20.6 Å². The number of carbonyl (C=O) groups excluding carboxylic acids is 1. The third-order valence-corrected chi connectivity index (χ3v) is 5.39. The van der Waals surface area contributed by atoms with Crippen LogP contribution in [0.15, 0.2) is 53.4 Å². The zero-order valence-electron chi connectivity index (χ0n) is 14.3. The molecule has 0 fully saturated rings. The smallest absolute Gasteiger partial charge is 0.220 e. The van der Waals surface area contributed by atoms with Crippen molar-refractivity contribution in [3.8, 4) is 0 Å². The van der Waals surface area contributed by atoms with Gasteiger partial charge in [-0.1, -0.05) is 42.8 Å². The Balaban J connectivity index is 1.96. The van der Waals surface area contributed by atoms with Crippen LogP contribution in [0.1, 0.15) is 36.9 Å². The molecule has 0 saturated carbocycles. The van der Waals surface area contributed by atoms with Crippen LogP contribution in [0.25, 0.3) is 0 Å². The highest BCUT2D eigenvalue weighted by Crippen LogP contribution is 2.19. The molecular weight excluding hydrogens is 358 g/mol. The summed E-state index contributed by atoms with van der Waals surface area (Å²) in [5, 5.41) is 3.69. The fraction of sp³-hybridized carbons (Fsp3) is 0.316. The molecule has 0 aliphatic heterocycles. The molecule has 1 atom stereocenters. The van der Waals surface area contributed by atoms with E-state index in [0.29, 0.717) is 17.9 Å². The Morgan fingerprint density at radius 1 is 1.08 bits per heavy atom. The molecule has 0 bridgehead atoms. The van der Waals surface area contributed by atoms with Crippen LogP contribution in [0.3, 0.4) is 0 Å². The third kappa shape index (κ3) is 5.87. The Labute approximate surface area is 154 Å². The first-order valence-electron chi connectivity index (χ1n) is 8.13. The van der Waals surface area contributed by atoms with Crippen molar-refractivity contribution in [2.24, 2.45) is 0 Å². The zero-order valence-corrected chi connectivity index (χ0v) is 15.9. The predicted octanol–water partition coefficient (Wildman–Crippen LogP) is 3.94. The monoisotopic (exact) mass is 379 g/mol. The molecule has 0 saturated heterocycles. The van der Waals surface area contributed by atoms with E-state index < -0.39 is 9.84 Å². The summed E-state index contributed by atoms with van der Waals surface area (Å²) in [6.07, 6.45) is 2.94. The van der Waals surface area contributed by atoms with Crippen molar-refractivity contribution in [2.45, 2.75) is 37.1 Å². The van der Waals surface area contributed by atoms with Crippen molar-refractivity contribution in [1.29, 1.82) is 0 Å². The zero-order chi connectivity index (χ0) is 18.4. The summed E-state index contributed by atoms with van der Waals surface area (Å²) in [5.74, 6) is -0.0333. The minimum Gasteiger partial charge on any atom is -0.349 e. The normalized spacial score (nSPS) is 12.6. The van der Waals surface area contributed by atoms with Crippen LogP contribution >= 0.6 is 11.6 Å². The second-order valence-electron chi connectivity index (χ2n) is 6.00. The maximum Gasteiger partial charge on any atom is 0.220 e. The van der Waals surface area contributed by atoms with Crippen LogP contribution in [0.4, 0.5) is 0 Å². The molecule has 1 unspecified atom stereocenters. The van der Waals surface area contributed by atoms with Crippen molar-refractivity contribution in [3.63, 3.8) is 0 Å². The van der Waals surface area contributed by atoms with Crippen LogP contribution < -0.4 is 5.32 Å². The number of halogens is 1. The van der Waals surface area contributed by atoms with Gasteiger partial charge in [-0.3, -0.25) is 4.79 Å². The molecule has 1 N–H and O–H groups in total. The Bertz CT molecular complexity index is 815. The number of sulfone groups is 1. The van der Waals surface area contributed by atoms with Gasteiger partial charge in [0.1, 0.15) is 0 Å². The largest absolute Gasteiger partial charge is 0.349 e. The van der Waals surface area contributed by atoms with Gasteiger partial charge in [-0.05, 0) is 48.2 Å². The Hall–Kier alpha value is -1.85.